The van der Waals surface area contributed by atoms with Crippen molar-refractivity contribution in [3.05, 3.63) is 0 Å². The van der Waals surface area contributed by atoms with Crippen molar-refractivity contribution in [3.63, 3.8) is 0 Å². The molecule has 0 spiro atoms. The molecule has 26 heavy (non-hydrogen) atoms. The summed E-state index contributed by atoms with van der Waals surface area (Å²) in [6.07, 6.45) is 19.5. The van der Waals surface area contributed by atoms with E-state index in [4.69, 9.17) is 0 Å². The standard InChI is InChI=1S/C22H48NO2.ClH/c1-3-5-6-7-8-9-10-11-12-13-14-15-16-17-18-23(4-2,19-21-24)20-22-25;/h24-25H,3-22H2,1-2H3;1H/q+1;/p-1. The monoisotopic (exact) mass is 393 g/mol. The summed E-state index contributed by atoms with van der Waals surface area (Å²) in [4.78, 5) is 0. The normalized spacial score (nSPS) is 11.5. The molecule has 0 saturated heterocycles. The molecule has 0 aliphatic heterocycles. The molecule has 0 aliphatic rings. The Hall–Kier alpha value is 0.170. The zero-order valence-corrected chi connectivity index (χ0v) is 18.6. The number of aliphatic hydroxyl groups excluding tert-OH is 2. The van der Waals surface area contributed by atoms with Crippen LogP contribution >= 0.6 is 0 Å². The lowest BCUT2D eigenvalue weighted by Gasteiger charge is -2.37. The lowest BCUT2D eigenvalue weighted by molar-refractivity contribution is -0.927. The third kappa shape index (κ3) is 16.4. The summed E-state index contributed by atoms with van der Waals surface area (Å²) in [6, 6.07) is 0. The minimum atomic E-state index is 0. The summed E-state index contributed by atoms with van der Waals surface area (Å²) in [5.41, 5.74) is 0. The van der Waals surface area contributed by atoms with Crippen molar-refractivity contribution >= 4 is 0 Å². The van der Waals surface area contributed by atoms with Crippen molar-refractivity contribution in [3.8, 4) is 0 Å². The Morgan fingerprint density at radius 3 is 1.15 bits per heavy atom. The molecule has 0 saturated carbocycles. The first-order valence-electron chi connectivity index (χ1n) is 11.3. The Morgan fingerprint density at radius 1 is 0.500 bits per heavy atom. The fourth-order valence-electron chi connectivity index (χ4n) is 3.88. The van der Waals surface area contributed by atoms with Gasteiger partial charge in [-0.1, -0.05) is 84.0 Å². The molecule has 0 amide bonds. The second-order valence-electron chi connectivity index (χ2n) is 7.87. The summed E-state index contributed by atoms with van der Waals surface area (Å²) < 4.78 is 0.880. The second kappa shape index (κ2) is 21.5. The predicted molar refractivity (Wildman–Crippen MR) is 110 cm³/mol. The summed E-state index contributed by atoms with van der Waals surface area (Å²) in [7, 11) is 0. The van der Waals surface area contributed by atoms with Crippen molar-refractivity contribution in [1.82, 2.24) is 0 Å². The fourth-order valence-corrected chi connectivity index (χ4v) is 3.88. The second-order valence-corrected chi connectivity index (χ2v) is 7.87. The molecule has 0 unspecified atom stereocenters. The molecular weight excluding hydrogens is 346 g/mol. The number of halogens is 1. The molecule has 2 N–H and O–H groups in total. The molecule has 0 bridgehead atoms. The zero-order chi connectivity index (χ0) is 18.6. The van der Waals surface area contributed by atoms with Gasteiger partial charge in [0.25, 0.3) is 0 Å². The van der Waals surface area contributed by atoms with E-state index in [1.807, 2.05) is 0 Å². The summed E-state index contributed by atoms with van der Waals surface area (Å²) in [5.74, 6) is 0. The molecule has 0 fully saturated rings. The lowest BCUT2D eigenvalue weighted by Crippen LogP contribution is -3.00. The van der Waals surface area contributed by atoms with Crippen LogP contribution in [0.5, 0.6) is 0 Å². The Labute approximate surface area is 170 Å². The van der Waals surface area contributed by atoms with Crippen LogP contribution in [0.1, 0.15) is 104 Å². The summed E-state index contributed by atoms with van der Waals surface area (Å²) in [6.45, 7) is 8.61. The summed E-state index contributed by atoms with van der Waals surface area (Å²) in [5, 5.41) is 18.6. The van der Waals surface area contributed by atoms with Crippen LogP contribution in [0.25, 0.3) is 0 Å². The van der Waals surface area contributed by atoms with Gasteiger partial charge in [0.2, 0.25) is 0 Å². The van der Waals surface area contributed by atoms with Crippen LogP contribution in [0.15, 0.2) is 0 Å². The van der Waals surface area contributed by atoms with Gasteiger partial charge in [-0.2, -0.15) is 0 Å². The molecule has 0 radical (unpaired) electrons. The number of rotatable bonds is 20. The quantitative estimate of drug-likeness (QED) is 0.246. The minimum Gasteiger partial charge on any atom is -1.00 e. The maximum absolute atomic E-state index is 9.28. The first-order chi connectivity index (χ1) is 12.2. The van der Waals surface area contributed by atoms with Crippen molar-refractivity contribution in [1.29, 1.82) is 0 Å². The highest BCUT2D eigenvalue weighted by Gasteiger charge is 2.23. The number of quaternary nitrogens is 1. The van der Waals surface area contributed by atoms with E-state index in [1.54, 1.807) is 0 Å². The van der Waals surface area contributed by atoms with Crippen LogP contribution in [0, 0.1) is 0 Å². The van der Waals surface area contributed by atoms with Gasteiger partial charge in [-0.05, 0) is 19.8 Å². The first kappa shape index (κ1) is 28.4. The van der Waals surface area contributed by atoms with Gasteiger partial charge in [0.15, 0.2) is 0 Å². The number of aliphatic hydroxyl groups is 2. The van der Waals surface area contributed by atoms with Crippen molar-refractivity contribution in [2.75, 3.05) is 39.4 Å². The molecular formula is C22H48ClNO2. The lowest BCUT2D eigenvalue weighted by atomic mass is 10.0. The zero-order valence-electron chi connectivity index (χ0n) is 17.9. The fraction of sp³-hybridized carbons (Fsp3) is 1.00. The van der Waals surface area contributed by atoms with E-state index in [0.29, 0.717) is 0 Å². The molecule has 3 nitrogen and oxygen atoms in total. The molecule has 4 heteroatoms. The van der Waals surface area contributed by atoms with E-state index in [9.17, 15) is 10.2 Å². The van der Waals surface area contributed by atoms with Gasteiger partial charge >= 0.3 is 0 Å². The number of likely N-dealkylation sites (N-methyl/N-ethyl adjacent to an activating group) is 1. The predicted octanol–water partition coefficient (Wildman–Crippen LogP) is 2.29. The van der Waals surface area contributed by atoms with Gasteiger partial charge < -0.3 is 27.1 Å². The maximum atomic E-state index is 9.28. The molecule has 0 aromatic heterocycles. The van der Waals surface area contributed by atoms with Crippen molar-refractivity contribution in [2.45, 2.75) is 104 Å². The Morgan fingerprint density at radius 2 is 0.846 bits per heavy atom. The molecule has 0 aromatic rings. The van der Waals surface area contributed by atoms with Crippen LogP contribution in [-0.2, 0) is 0 Å². The SMILES string of the molecule is CCCCCCCCCCCCCCCC[N+](CC)(CCO)CCO.[Cl-]. The van der Waals surface area contributed by atoms with Gasteiger partial charge in [-0.15, -0.1) is 0 Å². The highest BCUT2D eigenvalue weighted by Crippen LogP contribution is 2.14. The van der Waals surface area contributed by atoms with Crippen LogP contribution < -0.4 is 12.4 Å². The largest absolute Gasteiger partial charge is 1.00 e. The highest BCUT2D eigenvalue weighted by molar-refractivity contribution is 4.50. The minimum absolute atomic E-state index is 0. The number of hydrogen-bond acceptors (Lipinski definition) is 2. The number of nitrogens with zero attached hydrogens (tertiary/aromatic N) is 1. The smallest absolute Gasteiger partial charge is 0.102 e. The van der Waals surface area contributed by atoms with E-state index >= 15 is 0 Å². The number of hydrogen-bond donors (Lipinski definition) is 2. The molecule has 0 rings (SSSR count). The van der Waals surface area contributed by atoms with Gasteiger partial charge in [0.1, 0.15) is 13.1 Å². The van der Waals surface area contributed by atoms with E-state index in [-0.39, 0.29) is 25.6 Å². The van der Waals surface area contributed by atoms with Crippen molar-refractivity contribution in [2.24, 2.45) is 0 Å². The molecule has 0 atom stereocenters. The third-order valence-corrected chi connectivity index (χ3v) is 5.81. The molecule has 0 aliphatic carbocycles. The number of unbranched alkanes of at least 4 members (excludes halogenated alkanes) is 13. The van der Waals surface area contributed by atoms with Gasteiger partial charge in [0, 0.05) is 0 Å². The Bertz CT molecular complexity index is 259. The molecule has 0 aromatic carbocycles. The van der Waals surface area contributed by atoms with Gasteiger partial charge in [-0.25, -0.2) is 0 Å². The van der Waals surface area contributed by atoms with E-state index in [0.717, 1.165) is 30.7 Å². The van der Waals surface area contributed by atoms with Gasteiger partial charge in [-0.3, -0.25) is 0 Å². The molecule has 0 heterocycles. The van der Waals surface area contributed by atoms with E-state index < -0.39 is 0 Å². The highest BCUT2D eigenvalue weighted by atomic mass is 35.5. The maximum Gasteiger partial charge on any atom is 0.102 e. The van der Waals surface area contributed by atoms with E-state index in [2.05, 4.69) is 13.8 Å². The average Bonchev–Trinajstić information content (AvgIpc) is 2.62. The van der Waals surface area contributed by atoms with E-state index in [1.165, 1.54) is 89.9 Å². The molecule has 160 valence electrons. The van der Waals surface area contributed by atoms with Crippen LogP contribution in [0.2, 0.25) is 0 Å². The van der Waals surface area contributed by atoms with Crippen LogP contribution in [0.3, 0.4) is 0 Å². The Kier molecular flexibility index (Phi) is 23.4. The van der Waals surface area contributed by atoms with Crippen LogP contribution in [0.4, 0.5) is 0 Å². The van der Waals surface area contributed by atoms with Crippen molar-refractivity contribution < 1.29 is 27.1 Å². The van der Waals surface area contributed by atoms with Crippen LogP contribution in [-0.4, -0.2) is 54.1 Å². The Balaban J connectivity index is 0. The first-order valence-corrected chi connectivity index (χ1v) is 11.3. The topological polar surface area (TPSA) is 40.5 Å². The summed E-state index contributed by atoms with van der Waals surface area (Å²) >= 11 is 0. The van der Waals surface area contributed by atoms with Gasteiger partial charge in [0.05, 0.1) is 26.3 Å². The average molecular weight is 394 g/mol. The third-order valence-electron chi connectivity index (χ3n) is 5.81.